The van der Waals surface area contributed by atoms with E-state index in [1.165, 1.54) is 12.1 Å². The molecule has 0 heterocycles. The first-order valence-corrected chi connectivity index (χ1v) is 6.15. The minimum absolute atomic E-state index is 0.0715. The topological polar surface area (TPSA) is 107 Å². The third kappa shape index (κ3) is 3.36. The molecule has 0 fully saturated rings. The second-order valence-electron chi connectivity index (χ2n) is 4.21. The number of amides is 1. The van der Waals surface area contributed by atoms with Crippen molar-refractivity contribution < 1.29 is 20.1 Å². The Hall–Kier alpha value is -1.79. The molecule has 1 rings (SSSR count). The summed E-state index contributed by atoms with van der Waals surface area (Å²) in [5.74, 6) is -1.23. The number of anilines is 1. The molecule has 6 nitrogen and oxygen atoms in total. The van der Waals surface area contributed by atoms with Crippen LogP contribution in [-0.4, -0.2) is 40.4 Å². The number of hydrogen-bond donors (Lipinski definition) is 4. The maximum absolute atomic E-state index is 10.8. The average molecular weight is 268 g/mol. The molecule has 0 radical (unpaired) electrons. The van der Waals surface area contributed by atoms with Gasteiger partial charge in [0.2, 0.25) is 5.91 Å². The number of benzene rings is 1. The van der Waals surface area contributed by atoms with E-state index in [-0.39, 0.29) is 11.3 Å². The maximum atomic E-state index is 10.8. The largest absolute Gasteiger partial charge is 0.507 e. The molecule has 1 amide bonds. The highest BCUT2D eigenvalue weighted by molar-refractivity contribution is 5.79. The van der Waals surface area contributed by atoms with Gasteiger partial charge < -0.3 is 26.0 Å². The Morgan fingerprint density at radius 1 is 1.32 bits per heavy atom. The number of carbonyl (C=O) groups excluding carboxylic acids is 1. The van der Waals surface area contributed by atoms with Crippen LogP contribution in [0.25, 0.3) is 0 Å². The first-order chi connectivity index (χ1) is 8.92. The number of hydrogen-bond acceptors (Lipinski definition) is 5. The summed E-state index contributed by atoms with van der Waals surface area (Å²) in [4.78, 5) is 12.8. The second kappa shape index (κ2) is 6.40. The Morgan fingerprint density at radius 3 is 2.32 bits per heavy atom. The van der Waals surface area contributed by atoms with Crippen LogP contribution < -0.4 is 10.6 Å². The van der Waals surface area contributed by atoms with Crippen LogP contribution in [-0.2, 0) is 4.79 Å². The molecule has 106 valence electrons. The molecule has 2 atom stereocenters. The van der Waals surface area contributed by atoms with Gasteiger partial charge in [-0.25, -0.2) is 0 Å². The number of phenols is 1. The van der Waals surface area contributed by atoms with E-state index in [1.807, 2.05) is 18.7 Å². The number of primary amides is 1. The number of aromatic hydroxyl groups is 1. The molecule has 0 aromatic heterocycles. The maximum Gasteiger partial charge on any atom is 0.249 e. The zero-order chi connectivity index (χ0) is 14.6. The normalized spacial score (nSPS) is 13.9. The third-order valence-corrected chi connectivity index (χ3v) is 3.05. The standard InChI is InChI=1S/C13H20N2O4/c1-3-15(4-2)8-5-6-9(10(16)7-8)11(17)12(18)13(14)19/h5-7,11-12,16-18H,3-4H2,1-2H3,(H2,14,19). The van der Waals surface area contributed by atoms with Crippen LogP contribution in [0.4, 0.5) is 5.69 Å². The summed E-state index contributed by atoms with van der Waals surface area (Å²) in [6, 6.07) is 4.66. The van der Waals surface area contributed by atoms with Crippen molar-refractivity contribution in [2.75, 3.05) is 18.0 Å². The van der Waals surface area contributed by atoms with E-state index in [1.54, 1.807) is 6.07 Å². The van der Waals surface area contributed by atoms with Gasteiger partial charge in [-0.3, -0.25) is 4.79 Å². The van der Waals surface area contributed by atoms with Crippen molar-refractivity contribution in [1.29, 1.82) is 0 Å². The lowest BCUT2D eigenvalue weighted by molar-refractivity contribution is -0.132. The number of aliphatic hydroxyl groups is 2. The number of rotatable bonds is 6. The van der Waals surface area contributed by atoms with Gasteiger partial charge in [-0.05, 0) is 19.9 Å². The van der Waals surface area contributed by atoms with E-state index in [0.717, 1.165) is 18.8 Å². The molecule has 1 aromatic carbocycles. The van der Waals surface area contributed by atoms with Crippen LogP contribution in [0.15, 0.2) is 18.2 Å². The number of phenolic OH excluding ortho intramolecular Hbond substituents is 1. The van der Waals surface area contributed by atoms with Crippen molar-refractivity contribution >= 4 is 11.6 Å². The summed E-state index contributed by atoms with van der Waals surface area (Å²) in [7, 11) is 0. The fraction of sp³-hybridized carbons (Fsp3) is 0.462. The summed E-state index contributed by atoms with van der Waals surface area (Å²) in [5, 5.41) is 29.0. The molecule has 0 saturated heterocycles. The van der Waals surface area contributed by atoms with Crippen LogP contribution in [0.2, 0.25) is 0 Å². The smallest absolute Gasteiger partial charge is 0.249 e. The van der Waals surface area contributed by atoms with Gasteiger partial charge >= 0.3 is 0 Å². The van der Waals surface area contributed by atoms with Gasteiger partial charge in [0, 0.05) is 30.4 Å². The number of nitrogens with two attached hydrogens (primary N) is 1. The van der Waals surface area contributed by atoms with E-state index in [0.29, 0.717) is 0 Å². The van der Waals surface area contributed by atoms with Crippen LogP contribution in [0.5, 0.6) is 5.75 Å². The van der Waals surface area contributed by atoms with Gasteiger partial charge in [0.25, 0.3) is 0 Å². The molecule has 1 aromatic rings. The van der Waals surface area contributed by atoms with Crippen LogP contribution in [0, 0.1) is 0 Å². The van der Waals surface area contributed by atoms with Gasteiger partial charge in [0.15, 0.2) is 6.10 Å². The molecule has 19 heavy (non-hydrogen) atoms. The monoisotopic (exact) mass is 268 g/mol. The molecule has 0 aliphatic rings. The van der Waals surface area contributed by atoms with Gasteiger partial charge in [-0.2, -0.15) is 0 Å². The van der Waals surface area contributed by atoms with Crippen molar-refractivity contribution in [2.45, 2.75) is 26.1 Å². The average Bonchev–Trinajstić information content (AvgIpc) is 2.38. The highest BCUT2D eigenvalue weighted by Gasteiger charge is 2.26. The predicted octanol–water partition coefficient (Wildman–Crippen LogP) is 0.118. The molecular formula is C13H20N2O4. The van der Waals surface area contributed by atoms with Crippen molar-refractivity contribution in [2.24, 2.45) is 5.73 Å². The zero-order valence-electron chi connectivity index (χ0n) is 11.1. The van der Waals surface area contributed by atoms with E-state index in [4.69, 9.17) is 5.73 Å². The van der Waals surface area contributed by atoms with E-state index in [9.17, 15) is 20.1 Å². The lowest BCUT2D eigenvalue weighted by Crippen LogP contribution is -2.33. The van der Waals surface area contributed by atoms with Crippen LogP contribution >= 0.6 is 0 Å². The van der Waals surface area contributed by atoms with Gasteiger partial charge in [-0.1, -0.05) is 6.07 Å². The number of carbonyl (C=O) groups is 1. The first kappa shape index (κ1) is 15.3. The van der Waals surface area contributed by atoms with E-state index >= 15 is 0 Å². The van der Waals surface area contributed by atoms with Crippen LogP contribution in [0.3, 0.4) is 0 Å². The summed E-state index contributed by atoms with van der Waals surface area (Å²) >= 11 is 0. The Kier molecular flexibility index (Phi) is 5.14. The Balaban J connectivity index is 3.03. The van der Waals surface area contributed by atoms with Crippen molar-refractivity contribution in [1.82, 2.24) is 0 Å². The highest BCUT2D eigenvalue weighted by atomic mass is 16.3. The zero-order valence-corrected chi connectivity index (χ0v) is 11.1. The fourth-order valence-corrected chi connectivity index (χ4v) is 1.89. The molecule has 0 saturated carbocycles. The third-order valence-electron chi connectivity index (χ3n) is 3.05. The Labute approximate surface area is 112 Å². The minimum Gasteiger partial charge on any atom is -0.507 e. The molecule has 2 unspecified atom stereocenters. The fourth-order valence-electron chi connectivity index (χ4n) is 1.89. The van der Waals surface area contributed by atoms with Crippen molar-refractivity contribution in [3.63, 3.8) is 0 Å². The van der Waals surface area contributed by atoms with Crippen molar-refractivity contribution in [3.05, 3.63) is 23.8 Å². The Morgan fingerprint density at radius 2 is 1.89 bits per heavy atom. The molecule has 0 aliphatic carbocycles. The molecule has 5 N–H and O–H groups in total. The molecule has 6 heteroatoms. The molecule has 0 spiro atoms. The highest BCUT2D eigenvalue weighted by Crippen LogP contribution is 2.30. The van der Waals surface area contributed by atoms with Gasteiger partial charge in [0.1, 0.15) is 11.9 Å². The Bertz CT molecular complexity index is 446. The molecular weight excluding hydrogens is 248 g/mol. The summed E-state index contributed by atoms with van der Waals surface area (Å²) in [6.07, 6.45) is -3.28. The summed E-state index contributed by atoms with van der Waals surface area (Å²) < 4.78 is 0. The lowest BCUT2D eigenvalue weighted by atomic mass is 10.0. The summed E-state index contributed by atoms with van der Waals surface area (Å²) in [5.41, 5.74) is 5.78. The molecule has 0 aliphatic heterocycles. The number of aliphatic hydroxyl groups excluding tert-OH is 2. The van der Waals surface area contributed by atoms with Crippen LogP contribution in [0.1, 0.15) is 25.5 Å². The first-order valence-electron chi connectivity index (χ1n) is 6.15. The second-order valence-corrected chi connectivity index (χ2v) is 4.21. The van der Waals surface area contributed by atoms with Gasteiger partial charge in [-0.15, -0.1) is 0 Å². The van der Waals surface area contributed by atoms with Gasteiger partial charge in [0.05, 0.1) is 0 Å². The van der Waals surface area contributed by atoms with Crippen molar-refractivity contribution in [3.8, 4) is 5.75 Å². The number of nitrogens with zero attached hydrogens (tertiary/aromatic N) is 1. The molecule has 0 bridgehead atoms. The predicted molar refractivity (Wildman–Crippen MR) is 71.8 cm³/mol. The van der Waals surface area contributed by atoms with E-state index < -0.39 is 18.1 Å². The SMILES string of the molecule is CCN(CC)c1ccc(C(O)C(O)C(N)=O)c(O)c1. The van der Waals surface area contributed by atoms with E-state index in [2.05, 4.69) is 0 Å². The minimum atomic E-state index is -1.75. The lowest BCUT2D eigenvalue weighted by Gasteiger charge is -2.23. The quantitative estimate of drug-likeness (QED) is 0.586. The summed E-state index contributed by atoms with van der Waals surface area (Å²) in [6.45, 7) is 5.53.